The Morgan fingerprint density at radius 1 is 0.912 bits per heavy atom. The van der Waals surface area contributed by atoms with Crippen molar-refractivity contribution in [1.82, 2.24) is 0 Å². The summed E-state index contributed by atoms with van der Waals surface area (Å²) in [6.45, 7) is 8.99. The average Bonchev–Trinajstić information content (AvgIpc) is 2.66. The van der Waals surface area contributed by atoms with Crippen molar-refractivity contribution in [3.05, 3.63) is 0 Å². The molecule has 1 aliphatic heterocycles. The van der Waals surface area contributed by atoms with E-state index in [0.29, 0.717) is 19.4 Å². The molecule has 0 amide bonds. The van der Waals surface area contributed by atoms with E-state index in [1.807, 2.05) is 27.7 Å². The second-order valence-corrected chi connectivity index (χ2v) is 11.7. The maximum absolute atomic E-state index is 13.5. The van der Waals surface area contributed by atoms with Crippen LogP contribution in [0.25, 0.3) is 0 Å². The van der Waals surface area contributed by atoms with Gasteiger partial charge in [-0.3, -0.25) is 9.59 Å². The van der Waals surface area contributed by atoms with E-state index >= 15 is 0 Å². The van der Waals surface area contributed by atoms with Crippen molar-refractivity contribution < 1.29 is 23.8 Å². The summed E-state index contributed by atoms with van der Waals surface area (Å²) in [5, 5.41) is 0. The third kappa shape index (κ3) is 6.77. The monoisotopic (exact) mass is 484 g/mol. The molecular formula is C29H56O5. The van der Waals surface area contributed by atoms with Crippen molar-refractivity contribution in [2.45, 2.75) is 133 Å². The van der Waals surface area contributed by atoms with E-state index in [9.17, 15) is 9.59 Å². The fourth-order valence-electron chi connectivity index (χ4n) is 6.98. The minimum Gasteiger partial charge on any atom is -0.460 e. The van der Waals surface area contributed by atoms with Crippen LogP contribution in [0.4, 0.5) is 0 Å². The fourth-order valence-corrected chi connectivity index (χ4v) is 6.98. The molecule has 5 nitrogen and oxygen atoms in total. The maximum atomic E-state index is 13.5. The predicted molar refractivity (Wildman–Crippen MR) is 141 cm³/mol. The highest BCUT2D eigenvalue weighted by atomic mass is 16.6. The third-order valence-electron chi connectivity index (χ3n) is 8.34. The van der Waals surface area contributed by atoms with Gasteiger partial charge >= 0.3 is 11.9 Å². The van der Waals surface area contributed by atoms with Gasteiger partial charge in [0, 0.05) is 6.61 Å². The number of ether oxygens (including phenoxy) is 3. The molecule has 202 valence electrons. The van der Waals surface area contributed by atoms with Crippen LogP contribution in [0.3, 0.4) is 0 Å². The molecule has 0 aromatic carbocycles. The van der Waals surface area contributed by atoms with Gasteiger partial charge in [-0.2, -0.15) is 0 Å². The van der Waals surface area contributed by atoms with Crippen LogP contribution in [-0.2, 0) is 23.8 Å². The normalized spacial score (nSPS) is 33.1. The molecule has 34 heavy (non-hydrogen) atoms. The molecule has 2 unspecified atom stereocenters. The zero-order valence-corrected chi connectivity index (χ0v) is 19.3. The van der Waals surface area contributed by atoms with Crippen LogP contribution in [0.15, 0.2) is 0 Å². The zero-order chi connectivity index (χ0) is 21.6. The van der Waals surface area contributed by atoms with Gasteiger partial charge in [-0.25, -0.2) is 0 Å². The maximum Gasteiger partial charge on any atom is 0.312 e. The quantitative estimate of drug-likeness (QED) is 0.348. The molecule has 0 aromatic rings. The Bertz CT molecular complexity index is 628. The van der Waals surface area contributed by atoms with Gasteiger partial charge in [-0.1, -0.05) is 36.6 Å². The lowest BCUT2D eigenvalue weighted by Gasteiger charge is -2.56. The number of carbonyl (C=O) groups excluding carboxylic acids is 2. The standard InChI is InChI=1S/C25H40O5.4CH4/c1-5-24(4,16-23(2,3)21(26)29-20-7-6-8-28-15-20)22(27)30-25-12-17-9-18(13-25)11-19(10-17)14-25;;;;/h17-20H,5-16H2,1-4H3;4*1H4. The molecule has 0 radical (unpaired) electrons. The average molecular weight is 485 g/mol. The van der Waals surface area contributed by atoms with Gasteiger partial charge in [0.2, 0.25) is 0 Å². The number of rotatable bonds is 7. The molecule has 0 N–H and O–H groups in total. The lowest BCUT2D eigenvalue weighted by Crippen LogP contribution is -2.54. The van der Waals surface area contributed by atoms with Gasteiger partial charge in [0.1, 0.15) is 11.7 Å². The van der Waals surface area contributed by atoms with E-state index in [-0.39, 0.29) is 53.4 Å². The number of carbonyl (C=O) groups is 2. The van der Waals surface area contributed by atoms with Crippen LogP contribution in [0.2, 0.25) is 0 Å². The van der Waals surface area contributed by atoms with Crippen LogP contribution in [-0.4, -0.2) is 36.9 Å². The summed E-state index contributed by atoms with van der Waals surface area (Å²) in [6, 6.07) is 0. The first kappa shape index (κ1) is 32.9. The first-order valence-electron chi connectivity index (χ1n) is 12.2. The van der Waals surface area contributed by atoms with Crippen LogP contribution in [0.5, 0.6) is 0 Å². The summed E-state index contributed by atoms with van der Waals surface area (Å²) in [5.74, 6) is 1.86. The fraction of sp³-hybridized carbons (Fsp3) is 0.931. The Hall–Kier alpha value is -1.10. The van der Waals surface area contributed by atoms with Gasteiger partial charge < -0.3 is 14.2 Å². The van der Waals surface area contributed by atoms with Gasteiger partial charge in [0.15, 0.2) is 0 Å². The molecule has 0 spiro atoms. The molecule has 4 aliphatic carbocycles. The molecule has 1 saturated heterocycles. The Morgan fingerprint density at radius 3 is 1.88 bits per heavy atom. The minimum absolute atomic E-state index is 0. The smallest absolute Gasteiger partial charge is 0.312 e. The highest BCUT2D eigenvalue weighted by molar-refractivity contribution is 5.80. The lowest BCUT2D eigenvalue weighted by molar-refractivity contribution is -0.199. The SMILES string of the molecule is C.C.C.C.CCC(C)(CC(C)(C)C(=O)OC1CCCOC1)C(=O)OC12CC3CC(CC(C3)C1)C2. The predicted octanol–water partition coefficient (Wildman–Crippen LogP) is 7.60. The number of hydrogen-bond acceptors (Lipinski definition) is 5. The van der Waals surface area contributed by atoms with E-state index in [1.165, 1.54) is 19.3 Å². The Balaban J connectivity index is 0.00000272. The van der Waals surface area contributed by atoms with Crippen molar-refractivity contribution in [3.8, 4) is 0 Å². The Morgan fingerprint density at radius 2 is 1.44 bits per heavy atom. The van der Waals surface area contributed by atoms with Crippen molar-refractivity contribution in [3.63, 3.8) is 0 Å². The first-order valence-corrected chi connectivity index (χ1v) is 12.2. The largest absolute Gasteiger partial charge is 0.460 e. The second-order valence-electron chi connectivity index (χ2n) is 11.7. The van der Waals surface area contributed by atoms with E-state index < -0.39 is 10.8 Å². The molecular weight excluding hydrogens is 428 g/mol. The highest BCUT2D eigenvalue weighted by Crippen LogP contribution is 2.57. The van der Waals surface area contributed by atoms with Crippen molar-refractivity contribution in [2.75, 3.05) is 13.2 Å². The summed E-state index contributed by atoms with van der Waals surface area (Å²) >= 11 is 0. The summed E-state index contributed by atoms with van der Waals surface area (Å²) in [5.41, 5.74) is -1.68. The van der Waals surface area contributed by atoms with Gasteiger partial charge in [0.05, 0.1) is 17.4 Å². The van der Waals surface area contributed by atoms with Crippen LogP contribution < -0.4 is 0 Å². The second kappa shape index (κ2) is 12.2. The number of hydrogen-bond donors (Lipinski definition) is 0. The summed E-state index contributed by atoms with van der Waals surface area (Å²) in [7, 11) is 0. The zero-order valence-electron chi connectivity index (χ0n) is 19.3. The molecule has 0 aromatic heterocycles. The van der Waals surface area contributed by atoms with Gasteiger partial charge in [0.25, 0.3) is 0 Å². The molecule has 1 heterocycles. The number of esters is 2. The van der Waals surface area contributed by atoms with Crippen molar-refractivity contribution in [2.24, 2.45) is 28.6 Å². The lowest BCUT2D eigenvalue weighted by atomic mass is 9.54. The van der Waals surface area contributed by atoms with Crippen LogP contribution >= 0.6 is 0 Å². The first-order chi connectivity index (χ1) is 14.1. The minimum atomic E-state index is -0.747. The Kier molecular flexibility index (Phi) is 11.8. The van der Waals surface area contributed by atoms with Crippen molar-refractivity contribution >= 4 is 11.9 Å². The molecule has 2 atom stereocenters. The van der Waals surface area contributed by atoms with E-state index in [0.717, 1.165) is 56.5 Å². The van der Waals surface area contributed by atoms with E-state index in [1.54, 1.807) is 0 Å². The molecule has 5 rings (SSSR count). The van der Waals surface area contributed by atoms with Crippen molar-refractivity contribution in [1.29, 1.82) is 0 Å². The summed E-state index contributed by atoms with van der Waals surface area (Å²) < 4.78 is 17.6. The van der Waals surface area contributed by atoms with Gasteiger partial charge in [-0.05, 0) is 103 Å². The highest BCUT2D eigenvalue weighted by Gasteiger charge is 2.55. The molecule has 4 bridgehead atoms. The molecule has 5 heteroatoms. The molecule has 5 fully saturated rings. The topological polar surface area (TPSA) is 61.8 Å². The molecule has 4 saturated carbocycles. The van der Waals surface area contributed by atoms with Gasteiger partial charge in [-0.15, -0.1) is 0 Å². The summed E-state index contributed by atoms with van der Waals surface area (Å²) in [4.78, 5) is 26.4. The van der Waals surface area contributed by atoms with E-state index in [2.05, 4.69) is 0 Å². The van der Waals surface area contributed by atoms with Crippen LogP contribution in [0.1, 0.15) is 122 Å². The summed E-state index contributed by atoms with van der Waals surface area (Å²) in [6.07, 6.45) is 9.78. The third-order valence-corrected chi connectivity index (χ3v) is 8.34. The molecule has 5 aliphatic rings. The van der Waals surface area contributed by atoms with E-state index in [4.69, 9.17) is 14.2 Å². The van der Waals surface area contributed by atoms with Crippen LogP contribution in [0, 0.1) is 28.6 Å². The Labute approximate surface area is 211 Å².